The van der Waals surface area contributed by atoms with Crippen molar-refractivity contribution in [1.29, 1.82) is 0 Å². The number of aryl methyl sites for hydroxylation is 1. The molecule has 0 amide bonds. The Morgan fingerprint density at radius 1 is 1.41 bits per heavy atom. The molecule has 22 heavy (non-hydrogen) atoms. The second-order valence-electron chi connectivity index (χ2n) is 5.15. The first-order valence-corrected chi connectivity index (χ1v) is 7.13. The third kappa shape index (κ3) is 2.55. The Hall–Kier alpha value is -2.76. The Morgan fingerprint density at radius 2 is 2.23 bits per heavy atom. The first-order valence-electron chi connectivity index (χ1n) is 7.13. The highest BCUT2D eigenvalue weighted by Gasteiger charge is 2.17. The summed E-state index contributed by atoms with van der Waals surface area (Å²) in [6.45, 7) is 3.94. The number of rotatable bonds is 5. The van der Waals surface area contributed by atoms with E-state index in [9.17, 15) is 9.90 Å². The second kappa shape index (κ2) is 5.55. The summed E-state index contributed by atoms with van der Waals surface area (Å²) in [6.07, 6.45) is 0.815. The van der Waals surface area contributed by atoms with Gasteiger partial charge in [-0.1, -0.05) is 13.0 Å². The fourth-order valence-electron chi connectivity index (χ4n) is 2.45. The Labute approximate surface area is 127 Å². The maximum atomic E-state index is 11.2. The monoisotopic (exact) mass is 299 g/mol. The Kier molecular flexibility index (Phi) is 3.58. The van der Waals surface area contributed by atoms with E-state index in [0.717, 1.165) is 17.9 Å². The number of nitrogens with one attached hydrogen (secondary N) is 2. The molecule has 0 aliphatic heterocycles. The maximum absolute atomic E-state index is 11.2. The van der Waals surface area contributed by atoms with E-state index in [1.165, 1.54) is 0 Å². The summed E-state index contributed by atoms with van der Waals surface area (Å²) in [6, 6.07) is 8.87. The minimum atomic E-state index is -0.989. The van der Waals surface area contributed by atoms with E-state index in [1.807, 2.05) is 26.0 Å². The number of hydrogen-bond donors (Lipinski definition) is 3. The lowest BCUT2D eigenvalue weighted by atomic mass is 10.2. The minimum absolute atomic E-state index is 0.0254. The number of carboxylic acids is 1. The molecule has 0 saturated heterocycles. The zero-order chi connectivity index (χ0) is 15.7. The summed E-state index contributed by atoms with van der Waals surface area (Å²) >= 11 is 0. The van der Waals surface area contributed by atoms with Crippen molar-refractivity contribution in [3.8, 4) is 0 Å². The highest BCUT2D eigenvalue weighted by Crippen LogP contribution is 2.25. The SMILES string of the molecule is CC[C@@H](Nc1nc2c(C(=O)O)cccc2[nH]1)c1ccc(C)o1. The van der Waals surface area contributed by atoms with Crippen LogP contribution in [0.5, 0.6) is 0 Å². The van der Waals surface area contributed by atoms with Crippen molar-refractivity contribution in [3.05, 3.63) is 47.4 Å². The van der Waals surface area contributed by atoms with Gasteiger partial charge in [-0.25, -0.2) is 9.78 Å². The number of fused-ring (bicyclic) bond motifs is 1. The van der Waals surface area contributed by atoms with Crippen LogP contribution in [0.3, 0.4) is 0 Å². The van der Waals surface area contributed by atoms with Gasteiger partial charge >= 0.3 is 5.97 Å². The highest BCUT2D eigenvalue weighted by molar-refractivity contribution is 6.01. The number of carbonyl (C=O) groups is 1. The number of benzene rings is 1. The zero-order valence-electron chi connectivity index (χ0n) is 12.4. The van der Waals surface area contributed by atoms with Gasteiger partial charge in [0, 0.05) is 0 Å². The predicted octanol–water partition coefficient (Wildman–Crippen LogP) is 3.73. The van der Waals surface area contributed by atoms with Crippen LogP contribution in [0.25, 0.3) is 11.0 Å². The molecule has 0 fully saturated rings. The average Bonchev–Trinajstić information content (AvgIpc) is 3.09. The van der Waals surface area contributed by atoms with Gasteiger partial charge in [0.05, 0.1) is 17.1 Å². The summed E-state index contributed by atoms with van der Waals surface area (Å²) in [4.78, 5) is 18.7. The molecular weight excluding hydrogens is 282 g/mol. The molecule has 1 atom stereocenters. The van der Waals surface area contributed by atoms with Gasteiger partial charge in [-0.3, -0.25) is 0 Å². The third-order valence-electron chi connectivity index (χ3n) is 3.57. The number of hydrogen-bond acceptors (Lipinski definition) is 4. The number of imidazole rings is 1. The molecular formula is C16H17N3O3. The fourth-order valence-corrected chi connectivity index (χ4v) is 2.45. The van der Waals surface area contributed by atoms with E-state index in [-0.39, 0.29) is 11.6 Å². The molecule has 0 unspecified atom stereocenters. The van der Waals surface area contributed by atoms with Crippen molar-refractivity contribution in [3.63, 3.8) is 0 Å². The smallest absolute Gasteiger partial charge is 0.337 e. The molecule has 0 aliphatic carbocycles. The molecule has 0 radical (unpaired) electrons. The van der Waals surface area contributed by atoms with E-state index < -0.39 is 5.97 Å². The molecule has 2 aromatic heterocycles. The van der Waals surface area contributed by atoms with E-state index in [2.05, 4.69) is 15.3 Å². The normalized spacial score (nSPS) is 12.5. The molecule has 0 bridgehead atoms. The van der Waals surface area contributed by atoms with E-state index in [1.54, 1.807) is 18.2 Å². The molecule has 0 aliphatic rings. The van der Waals surface area contributed by atoms with Crippen molar-refractivity contribution in [2.24, 2.45) is 0 Å². The number of carboxylic acid groups (broad SMARTS) is 1. The summed E-state index contributed by atoms with van der Waals surface area (Å²) in [5.74, 6) is 1.23. The predicted molar refractivity (Wildman–Crippen MR) is 83.2 cm³/mol. The fraction of sp³-hybridized carbons (Fsp3) is 0.250. The number of aromatic carboxylic acids is 1. The Morgan fingerprint density at radius 3 is 2.86 bits per heavy atom. The lowest BCUT2D eigenvalue weighted by Crippen LogP contribution is -2.09. The van der Waals surface area contributed by atoms with Gasteiger partial charge < -0.3 is 19.8 Å². The van der Waals surface area contributed by atoms with Crippen LogP contribution in [0.1, 0.15) is 41.3 Å². The van der Waals surface area contributed by atoms with Crippen LogP contribution < -0.4 is 5.32 Å². The van der Waals surface area contributed by atoms with Crippen molar-refractivity contribution in [2.75, 3.05) is 5.32 Å². The van der Waals surface area contributed by atoms with Gasteiger partial charge in [-0.15, -0.1) is 0 Å². The van der Waals surface area contributed by atoms with Crippen LogP contribution in [0.4, 0.5) is 5.95 Å². The minimum Gasteiger partial charge on any atom is -0.478 e. The van der Waals surface area contributed by atoms with E-state index in [0.29, 0.717) is 17.0 Å². The Balaban J connectivity index is 1.93. The molecule has 3 rings (SSSR count). The quantitative estimate of drug-likeness (QED) is 0.667. The van der Waals surface area contributed by atoms with Crippen molar-refractivity contribution in [2.45, 2.75) is 26.3 Å². The number of H-pyrrole nitrogens is 1. The van der Waals surface area contributed by atoms with Crippen LogP contribution in [0.2, 0.25) is 0 Å². The van der Waals surface area contributed by atoms with E-state index in [4.69, 9.17) is 4.42 Å². The highest BCUT2D eigenvalue weighted by atomic mass is 16.4. The first kappa shape index (κ1) is 14.2. The largest absolute Gasteiger partial charge is 0.478 e. The van der Waals surface area contributed by atoms with Crippen molar-refractivity contribution < 1.29 is 14.3 Å². The summed E-state index contributed by atoms with van der Waals surface area (Å²) < 4.78 is 5.65. The van der Waals surface area contributed by atoms with E-state index >= 15 is 0 Å². The van der Waals surface area contributed by atoms with Crippen molar-refractivity contribution in [1.82, 2.24) is 9.97 Å². The summed E-state index contributed by atoms with van der Waals surface area (Å²) in [5.41, 5.74) is 1.32. The molecule has 1 aromatic carbocycles. The molecule has 0 saturated carbocycles. The van der Waals surface area contributed by atoms with Gasteiger partial charge in [0.2, 0.25) is 5.95 Å². The first-order chi connectivity index (χ1) is 10.6. The average molecular weight is 299 g/mol. The number of aromatic nitrogens is 2. The third-order valence-corrected chi connectivity index (χ3v) is 3.57. The molecule has 114 valence electrons. The molecule has 3 aromatic rings. The molecule has 6 nitrogen and oxygen atoms in total. The lowest BCUT2D eigenvalue weighted by molar-refractivity contribution is 0.0699. The molecule has 0 spiro atoms. The number of para-hydroxylation sites is 1. The van der Waals surface area contributed by atoms with Gasteiger partial charge in [-0.2, -0.15) is 0 Å². The van der Waals surface area contributed by atoms with Crippen molar-refractivity contribution >= 4 is 23.0 Å². The van der Waals surface area contributed by atoms with Gasteiger partial charge in [0.25, 0.3) is 0 Å². The van der Waals surface area contributed by atoms with Crippen LogP contribution >= 0.6 is 0 Å². The number of aromatic amines is 1. The van der Waals surface area contributed by atoms with Crippen LogP contribution in [-0.2, 0) is 0 Å². The zero-order valence-corrected chi connectivity index (χ0v) is 12.4. The van der Waals surface area contributed by atoms with Crippen LogP contribution in [0, 0.1) is 6.92 Å². The standard InChI is InChI=1S/C16H17N3O3/c1-3-11(13-8-7-9(2)22-13)17-16-18-12-6-4-5-10(15(20)21)14(12)19-16/h4-8,11H,3H2,1-2H3,(H,20,21)(H2,17,18,19)/t11-/m1/s1. The molecule has 2 heterocycles. The summed E-state index contributed by atoms with van der Waals surface area (Å²) in [5, 5.41) is 12.5. The second-order valence-corrected chi connectivity index (χ2v) is 5.15. The number of nitrogens with zero attached hydrogens (tertiary/aromatic N) is 1. The van der Waals surface area contributed by atoms with Crippen LogP contribution in [0.15, 0.2) is 34.7 Å². The Bertz CT molecular complexity index is 819. The topological polar surface area (TPSA) is 91.1 Å². The number of anilines is 1. The number of furan rings is 1. The van der Waals surface area contributed by atoms with Gasteiger partial charge in [-0.05, 0) is 37.6 Å². The lowest BCUT2D eigenvalue weighted by Gasteiger charge is -2.13. The maximum Gasteiger partial charge on any atom is 0.337 e. The summed E-state index contributed by atoms with van der Waals surface area (Å²) in [7, 11) is 0. The van der Waals surface area contributed by atoms with Crippen LogP contribution in [-0.4, -0.2) is 21.0 Å². The van der Waals surface area contributed by atoms with Gasteiger partial charge in [0.15, 0.2) is 0 Å². The molecule has 3 N–H and O–H groups in total. The van der Waals surface area contributed by atoms with Gasteiger partial charge in [0.1, 0.15) is 17.0 Å². The molecule has 6 heteroatoms.